The third kappa shape index (κ3) is 2.80. The van der Waals surface area contributed by atoms with Gasteiger partial charge >= 0.3 is 0 Å². The van der Waals surface area contributed by atoms with Crippen molar-refractivity contribution < 1.29 is 4.79 Å². The molecule has 3 nitrogen and oxygen atoms in total. The Morgan fingerprint density at radius 2 is 2.05 bits per heavy atom. The van der Waals surface area contributed by atoms with Gasteiger partial charge in [-0.3, -0.25) is 4.79 Å². The lowest BCUT2D eigenvalue weighted by atomic mass is 10.0. The summed E-state index contributed by atoms with van der Waals surface area (Å²) in [6.07, 6.45) is 0.972. The SMILES string of the molecule is CCCN(C)C(=O)c1cc2ccc(C(C)C)cc2[nH]1. The summed E-state index contributed by atoms with van der Waals surface area (Å²) in [6.45, 7) is 7.20. The Morgan fingerprint density at radius 3 is 2.68 bits per heavy atom. The highest BCUT2D eigenvalue weighted by molar-refractivity contribution is 5.98. The molecular formula is C16H22N2O. The molecular weight excluding hydrogens is 236 g/mol. The summed E-state index contributed by atoms with van der Waals surface area (Å²) in [7, 11) is 1.84. The van der Waals surface area contributed by atoms with Gasteiger partial charge in [0.25, 0.3) is 5.91 Å². The van der Waals surface area contributed by atoms with E-state index < -0.39 is 0 Å². The van der Waals surface area contributed by atoms with Crippen LogP contribution in [0.15, 0.2) is 24.3 Å². The molecule has 2 aromatic rings. The highest BCUT2D eigenvalue weighted by atomic mass is 16.2. The second-order valence-corrected chi connectivity index (χ2v) is 5.41. The first kappa shape index (κ1) is 13.7. The molecule has 0 fully saturated rings. The molecule has 1 aromatic heterocycles. The van der Waals surface area contributed by atoms with Crippen LogP contribution in [0.2, 0.25) is 0 Å². The predicted molar refractivity (Wildman–Crippen MR) is 79.6 cm³/mol. The van der Waals surface area contributed by atoms with Crippen molar-refractivity contribution in [1.82, 2.24) is 9.88 Å². The Balaban J connectivity index is 2.33. The minimum absolute atomic E-state index is 0.0594. The van der Waals surface area contributed by atoms with E-state index in [1.165, 1.54) is 5.56 Å². The number of aromatic amines is 1. The van der Waals surface area contributed by atoms with Gasteiger partial charge in [-0.2, -0.15) is 0 Å². The van der Waals surface area contributed by atoms with Gasteiger partial charge in [0, 0.05) is 24.5 Å². The molecule has 19 heavy (non-hydrogen) atoms. The van der Waals surface area contributed by atoms with Crippen LogP contribution in [0.1, 0.15) is 49.2 Å². The summed E-state index contributed by atoms with van der Waals surface area (Å²) in [4.78, 5) is 17.2. The first-order valence-corrected chi connectivity index (χ1v) is 6.91. The zero-order valence-corrected chi connectivity index (χ0v) is 12.2. The Hall–Kier alpha value is -1.77. The van der Waals surface area contributed by atoms with Gasteiger partial charge < -0.3 is 9.88 Å². The van der Waals surface area contributed by atoms with E-state index in [0.717, 1.165) is 23.9 Å². The van der Waals surface area contributed by atoms with Crippen molar-refractivity contribution in [2.45, 2.75) is 33.1 Å². The van der Waals surface area contributed by atoms with Crippen molar-refractivity contribution in [3.05, 3.63) is 35.5 Å². The highest BCUT2D eigenvalue weighted by Gasteiger charge is 2.14. The van der Waals surface area contributed by atoms with Crippen molar-refractivity contribution in [3.63, 3.8) is 0 Å². The van der Waals surface area contributed by atoms with Crippen LogP contribution in [0, 0.1) is 0 Å². The van der Waals surface area contributed by atoms with Gasteiger partial charge in [0.2, 0.25) is 0 Å². The van der Waals surface area contributed by atoms with Gasteiger partial charge in [-0.25, -0.2) is 0 Å². The standard InChI is InChI=1S/C16H22N2O/c1-5-8-18(4)16(19)15-10-13-7-6-12(11(2)3)9-14(13)17-15/h6-7,9-11,17H,5,8H2,1-4H3. The minimum atomic E-state index is 0.0594. The van der Waals surface area contributed by atoms with Crippen molar-refractivity contribution in [2.75, 3.05) is 13.6 Å². The molecule has 0 saturated carbocycles. The third-order valence-electron chi connectivity index (χ3n) is 3.45. The quantitative estimate of drug-likeness (QED) is 0.890. The first-order chi connectivity index (χ1) is 9.02. The number of fused-ring (bicyclic) bond motifs is 1. The number of aromatic nitrogens is 1. The molecule has 2 rings (SSSR count). The predicted octanol–water partition coefficient (Wildman–Crippen LogP) is 3.77. The van der Waals surface area contributed by atoms with Crippen LogP contribution < -0.4 is 0 Å². The molecule has 1 N–H and O–H groups in total. The van der Waals surface area contributed by atoms with E-state index in [-0.39, 0.29) is 5.91 Å². The molecule has 0 aliphatic rings. The molecule has 0 bridgehead atoms. The molecule has 0 radical (unpaired) electrons. The largest absolute Gasteiger partial charge is 0.351 e. The molecule has 0 atom stereocenters. The van der Waals surface area contributed by atoms with E-state index in [1.807, 2.05) is 13.1 Å². The van der Waals surface area contributed by atoms with Gasteiger partial charge in [-0.05, 0) is 30.0 Å². The molecule has 0 unspecified atom stereocenters. The Bertz CT molecular complexity index is 583. The molecule has 0 aliphatic carbocycles. The Morgan fingerprint density at radius 1 is 1.32 bits per heavy atom. The van der Waals surface area contributed by atoms with Gasteiger partial charge in [0.05, 0.1) is 0 Å². The number of nitrogens with one attached hydrogen (secondary N) is 1. The maximum Gasteiger partial charge on any atom is 0.270 e. The summed E-state index contributed by atoms with van der Waals surface area (Å²) in [5.74, 6) is 0.554. The topological polar surface area (TPSA) is 36.1 Å². The molecule has 0 saturated heterocycles. The van der Waals surface area contributed by atoms with Crippen molar-refractivity contribution >= 4 is 16.8 Å². The van der Waals surface area contributed by atoms with Crippen LogP contribution in [0.4, 0.5) is 0 Å². The Labute approximate surface area is 114 Å². The van der Waals surface area contributed by atoms with Gasteiger partial charge in [-0.15, -0.1) is 0 Å². The fraction of sp³-hybridized carbons (Fsp3) is 0.438. The molecule has 102 valence electrons. The Kier molecular flexibility index (Phi) is 3.93. The summed E-state index contributed by atoms with van der Waals surface area (Å²) in [6, 6.07) is 8.28. The van der Waals surface area contributed by atoms with Crippen molar-refractivity contribution in [1.29, 1.82) is 0 Å². The average molecular weight is 258 g/mol. The molecule has 3 heteroatoms. The van der Waals surface area contributed by atoms with E-state index >= 15 is 0 Å². The normalized spacial score (nSPS) is 11.2. The number of nitrogens with zero attached hydrogens (tertiary/aromatic N) is 1. The molecule has 0 spiro atoms. The molecule has 1 heterocycles. The summed E-state index contributed by atoms with van der Waals surface area (Å²) < 4.78 is 0. The van der Waals surface area contributed by atoms with E-state index in [1.54, 1.807) is 4.90 Å². The summed E-state index contributed by atoms with van der Waals surface area (Å²) in [5.41, 5.74) is 3.00. The first-order valence-electron chi connectivity index (χ1n) is 6.91. The van der Waals surface area contributed by atoms with Crippen molar-refractivity contribution in [2.24, 2.45) is 0 Å². The van der Waals surface area contributed by atoms with E-state index in [2.05, 4.69) is 44.0 Å². The van der Waals surface area contributed by atoms with Gasteiger partial charge in [0.15, 0.2) is 0 Å². The average Bonchev–Trinajstić information content (AvgIpc) is 2.80. The lowest BCUT2D eigenvalue weighted by Crippen LogP contribution is -2.27. The fourth-order valence-corrected chi connectivity index (χ4v) is 2.26. The molecule has 1 amide bonds. The fourth-order valence-electron chi connectivity index (χ4n) is 2.26. The smallest absolute Gasteiger partial charge is 0.270 e. The number of hydrogen-bond donors (Lipinski definition) is 1. The van der Waals surface area contributed by atoms with Crippen molar-refractivity contribution in [3.8, 4) is 0 Å². The molecule has 1 aromatic carbocycles. The second kappa shape index (κ2) is 5.47. The number of hydrogen-bond acceptors (Lipinski definition) is 1. The minimum Gasteiger partial charge on any atom is -0.351 e. The number of carbonyl (C=O) groups excluding carboxylic acids is 1. The van der Waals surface area contributed by atoms with Crippen LogP contribution in [0.5, 0.6) is 0 Å². The van der Waals surface area contributed by atoms with Gasteiger partial charge in [-0.1, -0.05) is 32.9 Å². The summed E-state index contributed by atoms with van der Waals surface area (Å²) in [5, 5.41) is 1.10. The molecule has 0 aliphatic heterocycles. The zero-order chi connectivity index (χ0) is 14.0. The van der Waals surface area contributed by atoms with E-state index in [0.29, 0.717) is 11.6 Å². The third-order valence-corrected chi connectivity index (χ3v) is 3.45. The van der Waals surface area contributed by atoms with Crippen LogP contribution in [-0.4, -0.2) is 29.4 Å². The lowest BCUT2D eigenvalue weighted by molar-refractivity contribution is 0.0790. The monoisotopic (exact) mass is 258 g/mol. The number of carbonyl (C=O) groups is 1. The van der Waals surface area contributed by atoms with E-state index in [4.69, 9.17) is 0 Å². The van der Waals surface area contributed by atoms with E-state index in [9.17, 15) is 4.79 Å². The number of amides is 1. The number of rotatable bonds is 4. The lowest BCUT2D eigenvalue weighted by Gasteiger charge is -2.14. The zero-order valence-electron chi connectivity index (χ0n) is 12.2. The maximum atomic E-state index is 12.2. The van der Waals surface area contributed by atoms with Crippen LogP contribution in [-0.2, 0) is 0 Å². The second-order valence-electron chi connectivity index (χ2n) is 5.41. The summed E-state index contributed by atoms with van der Waals surface area (Å²) >= 11 is 0. The van der Waals surface area contributed by atoms with Crippen LogP contribution in [0.25, 0.3) is 10.9 Å². The highest BCUT2D eigenvalue weighted by Crippen LogP contribution is 2.22. The number of benzene rings is 1. The van der Waals surface area contributed by atoms with Crippen LogP contribution >= 0.6 is 0 Å². The maximum absolute atomic E-state index is 12.2. The number of H-pyrrole nitrogens is 1. The van der Waals surface area contributed by atoms with Gasteiger partial charge in [0.1, 0.15) is 5.69 Å². The van der Waals surface area contributed by atoms with Crippen LogP contribution in [0.3, 0.4) is 0 Å².